The van der Waals surface area contributed by atoms with Gasteiger partial charge in [0.2, 0.25) is 0 Å². The lowest BCUT2D eigenvalue weighted by atomic mass is 9.89. The van der Waals surface area contributed by atoms with E-state index < -0.39 is 6.36 Å². The lowest BCUT2D eigenvalue weighted by Gasteiger charge is -2.17. The molecule has 20 heavy (non-hydrogen) atoms. The van der Waals surface area contributed by atoms with Crippen LogP contribution in [0.1, 0.15) is 63.9 Å². The summed E-state index contributed by atoms with van der Waals surface area (Å²) < 4.78 is 40.2. The Kier molecular flexibility index (Phi) is 6.89. The molecular weight excluding hydrogens is 265 g/mol. The Morgan fingerprint density at radius 3 is 1.85 bits per heavy atom. The first-order valence-corrected chi connectivity index (χ1v) is 7.32. The van der Waals surface area contributed by atoms with Crippen molar-refractivity contribution in [1.29, 1.82) is 0 Å². The van der Waals surface area contributed by atoms with E-state index >= 15 is 0 Å². The van der Waals surface area contributed by atoms with Crippen LogP contribution >= 0.6 is 0 Å². The normalized spacial score (nSPS) is 11.9. The number of halogens is 3. The zero-order valence-corrected chi connectivity index (χ0v) is 12.2. The fourth-order valence-corrected chi connectivity index (χ4v) is 2.32. The Balaban J connectivity index is 2.70. The highest BCUT2D eigenvalue weighted by atomic mass is 19.4. The monoisotopic (exact) mass is 288 g/mol. The van der Waals surface area contributed by atoms with Gasteiger partial charge in [-0.25, -0.2) is 0 Å². The summed E-state index contributed by atoms with van der Waals surface area (Å²) in [6.07, 6.45) is 2.14. The summed E-state index contributed by atoms with van der Waals surface area (Å²) in [5.41, 5.74) is 1.11. The molecule has 1 nitrogen and oxygen atoms in total. The van der Waals surface area contributed by atoms with Gasteiger partial charge in [0.15, 0.2) is 0 Å². The first-order chi connectivity index (χ1) is 9.46. The number of rotatable bonds is 8. The molecule has 0 aliphatic carbocycles. The molecule has 0 fully saturated rings. The van der Waals surface area contributed by atoms with Gasteiger partial charge in [-0.2, -0.15) is 0 Å². The first-order valence-electron chi connectivity index (χ1n) is 7.32. The molecule has 0 saturated heterocycles. The first kappa shape index (κ1) is 16.9. The van der Waals surface area contributed by atoms with Gasteiger partial charge in [0.1, 0.15) is 5.75 Å². The molecule has 0 aromatic heterocycles. The predicted octanol–water partition coefficient (Wildman–Crippen LogP) is 6.05. The summed E-state index contributed by atoms with van der Waals surface area (Å²) in [6, 6.07) is 6.34. The summed E-state index contributed by atoms with van der Waals surface area (Å²) >= 11 is 0. The molecule has 0 atom stereocenters. The van der Waals surface area contributed by atoms with Gasteiger partial charge in [0.25, 0.3) is 0 Å². The molecular formula is C16H23F3O. The number of ether oxygens (including phenoxy) is 1. The molecule has 0 N–H and O–H groups in total. The average molecular weight is 288 g/mol. The number of hydrogen-bond donors (Lipinski definition) is 0. The van der Waals surface area contributed by atoms with E-state index in [1.807, 2.05) is 0 Å². The molecule has 0 aliphatic heterocycles. The maximum atomic E-state index is 12.1. The number of alkyl halides is 3. The predicted molar refractivity (Wildman–Crippen MR) is 74.9 cm³/mol. The highest BCUT2D eigenvalue weighted by Gasteiger charge is 2.31. The van der Waals surface area contributed by atoms with E-state index in [4.69, 9.17) is 0 Å². The summed E-state index contributed by atoms with van der Waals surface area (Å²) in [6.45, 7) is 4.30. The van der Waals surface area contributed by atoms with Crippen molar-refractivity contribution in [3.05, 3.63) is 29.8 Å². The second-order valence-corrected chi connectivity index (χ2v) is 5.10. The summed E-state index contributed by atoms with van der Waals surface area (Å²) in [4.78, 5) is 0. The van der Waals surface area contributed by atoms with Gasteiger partial charge in [-0.3, -0.25) is 0 Å². The van der Waals surface area contributed by atoms with Crippen molar-refractivity contribution in [2.24, 2.45) is 0 Å². The van der Waals surface area contributed by atoms with E-state index in [1.165, 1.54) is 12.1 Å². The minimum atomic E-state index is -4.62. The molecule has 0 saturated carbocycles. The molecule has 0 radical (unpaired) electrons. The van der Waals surface area contributed by atoms with Gasteiger partial charge in [-0.15, -0.1) is 13.2 Å². The Labute approximate surface area is 119 Å². The second kappa shape index (κ2) is 8.18. The van der Waals surface area contributed by atoms with E-state index in [0.29, 0.717) is 5.92 Å². The Morgan fingerprint density at radius 2 is 1.45 bits per heavy atom. The van der Waals surface area contributed by atoms with E-state index in [0.717, 1.165) is 44.1 Å². The largest absolute Gasteiger partial charge is 0.573 e. The third-order valence-corrected chi connectivity index (χ3v) is 3.40. The molecule has 0 bridgehead atoms. The van der Waals surface area contributed by atoms with Gasteiger partial charge in [0, 0.05) is 0 Å². The highest BCUT2D eigenvalue weighted by molar-refractivity contribution is 5.29. The molecule has 4 heteroatoms. The van der Waals surface area contributed by atoms with Gasteiger partial charge in [0.05, 0.1) is 0 Å². The van der Waals surface area contributed by atoms with Crippen LogP contribution in [0.2, 0.25) is 0 Å². The second-order valence-electron chi connectivity index (χ2n) is 5.10. The lowest BCUT2D eigenvalue weighted by Crippen LogP contribution is -2.17. The van der Waals surface area contributed by atoms with Crippen LogP contribution in [0.4, 0.5) is 13.2 Å². The Morgan fingerprint density at radius 1 is 0.950 bits per heavy atom. The van der Waals surface area contributed by atoms with Crippen LogP contribution in [0.5, 0.6) is 5.75 Å². The molecule has 0 heterocycles. The zero-order valence-electron chi connectivity index (χ0n) is 12.2. The van der Waals surface area contributed by atoms with Crippen LogP contribution in [0.3, 0.4) is 0 Å². The van der Waals surface area contributed by atoms with E-state index in [1.54, 1.807) is 12.1 Å². The lowest BCUT2D eigenvalue weighted by molar-refractivity contribution is -0.274. The smallest absolute Gasteiger partial charge is 0.406 e. The van der Waals surface area contributed by atoms with E-state index in [9.17, 15) is 13.2 Å². The molecule has 114 valence electrons. The van der Waals surface area contributed by atoms with E-state index in [-0.39, 0.29) is 5.75 Å². The zero-order chi connectivity index (χ0) is 15.0. The number of hydrogen-bond acceptors (Lipinski definition) is 1. The Bertz CT molecular complexity index is 362. The van der Waals surface area contributed by atoms with Crippen molar-refractivity contribution < 1.29 is 17.9 Å². The van der Waals surface area contributed by atoms with Crippen molar-refractivity contribution >= 4 is 0 Å². The number of benzene rings is 1. The maximum absolute atomic E-state index is 12.1. The van der Waals surface area contributed by atoms with Crippen LogP contribution in [0.15, 0.2) is 24.3 Å². The third-order valence-electron chi connectivity index (χ3n) is 3.40. The number of unbranched alkanes of at least 4 members (excludes halogenated alkanes) is 2. The van der Waals surface area contributed by atoms with Crippen LogP contribution in [0.25, 0.3) is 0 Å². The maximum Gasteiger partial charge on any atom is 0.573 e. The van der Waals surface area contributed by atoms with Crippen molar-refractivity contribution in [3.63, 3.8) is 0 Å². The van der Waals surface area contributed by atoms with Crippen LogP contribution in [-0.4, -0.2) is 6.36 Å². The summed E-state index contributed by atoms with van der Waals surface area (Å²) in [5.74, 6) is 0.292. The van der Waals surface area contributed by atoms with Crippen molar-refractivity contribution in [2.75, 3.05) is 0 Å². The standard InChI is InChI=1S/C16H23F3O/c1-3-5-7-13(8-6-4-2)14-9-11-15(12-10-14)20-16(17,18)19/h9-13H,3-8H2,1-2H3. The minimum Gasteiger partial charge on any atom is -0.406 e. The van der Waals surface area contributed by atoms with Crippen LogP contribution in [0, 0.1) is 0 Å². The van der Waals surface area contributed by atoms with Crippen molar-refractivity contribution in [3.8, 4) is 5.75 Å². The molecule has 0 unspecified atom stereocenters. The topological polar surface area (TPSA) is 9.23 Å². The third kappa shape index (κ3) is 6.31. The fourth-order valence-electron chi connectivity index (χ4n) is 2.32. The molecule has 0 spiro atoms. The summed E-state index contributed by atoms with van der Waals surface area (Å²) in [5, 5.41) is 0. The molecule has 1 aromatic rings. The molecule has 1 aromatic carbocycles. The van der Waals surface area contributed by atoms with Gasteiger partial charge in [-0.1, -0.05) is 51.7 Å². The molecule has 0 aliphatic rings. The van der Waals surface area contributed by atoms with Crippen LogP contribution in [-0.2, 0) is 0 Å². The average Bonchev–Trinajstić information content (AvgIpc) is 2.38. The minimum absolute atomic E-state index is 0.147. The SMILES string of the molecule is CCCCC(CCCC)c1ccc(OC(F)(F)F)cc1. The Hall–Kier alpha value is -1.19. The highest BCUT2D eigenvalue weighted by Crippen LogP contribution is 2.30. The van der Waals surface area contributed by atoms with Crippen LogP contribution < -0.4 is 4.74 Å². The van der Waals surface area contributed by atoms with Gasteiger partial charge < -0.3 is 4.74 Å². The van der Waals surface area contributed by atoms with Crippen molar-refractivity contribution in [1.82, 2.24) is 0 Å². The van der Waals surface area contributed by atoms with Gasteiger partial charge >= 0.3 is 6.36 Å². The summed E-state index contributed by atoms with van der Waals surface area (Å²) in [7, 11) is 0. The van der Waals surface area contributed by atoms with Gasteiger partial charge in [-0.05, 0) is 36.5 Å². The molecule has 0 amide bonds. The fraction of sp³-hybridized carbons (Fsp3) is 0.625. The van der Waals surface area contributed by atoms with E-state index in [2.05, 4.69) is 18.6 Å². The van der Waals surface area contributed by atoms with Crippen molar-refractivity contribution in [2.45, 2.75) is 64.7 Å². The molecule has 1 rings (SSSR count). The quantitative estimate of drug-likeness (QED) is 0.566.